The summed E-state index contributed by atoms with van der Waals surface area (Å²) in [6.07, 6.45) is 3.90. The zero-order valence-electron chi connectivity index (χ0n) is 12.5. The smallest absolute Gasteiger partial charge is 0.0292 e. The Hall–Kier alpha value is -0.510. The van der Waals surface area contributed by atoms with Gasteiger partial charge in [0, 0.05) is 43.7 Å². The largest absolute Gasteiger partial charge is 0.309 e. The molecule has 1 saturated heterocycles. The van der Waals surface area contributed by atoms with Crippen LogP contribution in [0.5, 0.6) is 0 Å². The fraction of sp³-hybridized carbons (Fsp3) is 0.647. The van der Waals surface area contributed by atoms with Gasteiger partial charge in [0.1, 0.15) is 0 Å². The number of aryl methyl sites for hydroxylation is 2. The average molecular weight is 290 g/mol. The predicted octanol–water partition coefficient (Wildman–Crippen LogP) is 2.87. The molecule has 0 spiro atoms. The maximum Gasteiger partial charge on any atom is 0.0292 e. The molecule has 3 heteroatoms. The topological polar surface area (TPSA) is 15.3 Å². The van der Waals surface area contributed by atoms with Gasteiger partial charge >= 0.3 is 0 Å². The summed E-state index contributed by atoms with van der Waals surface area (Å²) in [6, 6.07) is 7.56. The van der Waals surface area contributed by atoms with E-state index in [1.165, 1.54) is 56.0 Å². The van der Waals surface area contributed by atoms with Gasteiger partial charge in [0.2, 0.25) is 0 Å². The van der Waals surface area contributed by atoms with Crippen molar-refractivity contribution in [2.45, 2.75) is 32.2 Å². The number of rotatable bonds is 5. The molecule has 0 aromatic heterocycles. The molecule has 2 nitrogen and oxygen atoms in total. The minimum Gasteiger partial charge on any atom is -0.309 e. The third kappa shape index (κ3) is 3.57. The first-order valence-electron chi connectivity index (χ1n) is 7.98. The highest BCUT2D eigenvalue weighted by molar-refractivity contribution is 7.99. The Balaban J connectivity index is 1.47. The maximum atomic E-state index is 3.69. The van der Waals surface area contributed by atoms with Crippen LogP contribution in [0.2, 0.25) is 0 Å². The van der Waals surface area contributed by atoms with Crippen molar-refractivity contribution in [3.63, 3.8) is 0 Å². The van der Waals surface area contributed by atoms with Crippen molar-refractivity contribution in [2.75, 3.05) is 37.7 Å². The lowest BCUT2D eigenvalue weighted by Gasteiger charge is -2.27. The van der Waals surface area contributed by atoms with E-state index < -0.39 is 0 Å². The standard InChI is InChI=1S/C17H26N2S/c1-14(18-7-8-19-9-11-20-12-10-19)16-6-5-15-3-2-4-17(15)13-16/h5-6,13-14,18H,2-4,7-12H2,1H3. The highest BCUT2D eigenvalue weighted by Crippen LogP contribution is 2.25. The molecule has 0 saturated carbocycles. The molecule has 0 bridgehead atoms. The van der Waals surface area contributed by atoms with Crippen LogP contribution in [0.1, 0.15) is 36.1 Å². The molecule has 2 aliphatic rings. The first-order valence-corrected chi connectivity index (χ1v) is 9.13. The van der Waals surface area contributed by atoms with Crippen LogP contribution in [-0.4, -0.2) is 42.6 Å². The lowest BCUT2D eigenvalue weighted by Crippen LogP contribution is -2.38. The fourth-order valence-corrected chi connectivity index (χ4v) is 4.22. The summed E-state index contributed by atoms with van der Waals surface area (Å²) in [5, 5.41) is 3.69. The average Bonchev–Trinajstić information content (AvgIpc) is 2.95. The zero-order valence-corrected chi connectivity index (χ0v) is 13.3. The molecule has 1 aromatic carbocycles. The summed E-state index contributed by atoms with van der Waals surface area (Å²) in [5.74, 6) is 2.61. The van der Waals surface area contributed by atoms with E-state index in [9.17, 15) is 0 Å². The Labute approximate surface area is 127 Å². The van der Waals surface area contributed by atoms with Crippen LogP contribution < -0.4 is 5.32 Å². The number of hydrogen-bond donors (Lipinski definition) is 1. The van der Waals surface area contributed by atoms with E-state index in [1.807, 2.05) is 0 Å². The molecule has 1 unspecified atom stereocenters. The summed E-state index contributed by atoms with van der Waals surface area (Å²) in [4.78, 5) is 2.58. The van der Waals surface area contributed by atoms with Gasteiger partial charge in [0.05, 0.1) is 0 Å². The molecular weight excluding hydrogens is 264 g/mol. The van der Waals surface area contributed by atoms with Crippen LogP contribution in [0.15, 0.2) is 18.2 Å². The Morgan fingerprint density at radius 3 is 2.85 bits per heavy atom. The second-order valence-electron chi connectivity index (χ2n) is 6.01. The highest BCUT2D eigenvalue weighted by Gasteiger charge is 2.14. The Bertz CT molecular complexity index is 441. The Morgan fingerprint density at radius 1 is 1.20 bits per heavy atom. The summed E-state index contributed by atoms with van der Waals surface area (Å²) in [5.41, 5.74) is 4.62. The zero-order chi connectivity index (χ0) is 13.8. The first kappa shape index (κ1) is 14.4. The van der Waals surface area contributed by atoms with Gasteiger partial charge in [-0.25, -0.2) is 0 Å². The van der Waals surface area contributed by atoms with E-state index >= 15 is 0 Å². The first-order chi connectivity index (χ1) is 9.83. The molecular formula is C17H26N2S. The van der Waals surface area contributed by atoms with Crippen LogP contribution in [0.4, 0.5) is 0 Å². The summed E-state index contributed by atoms with van der Waals surface area (Å²) in [6.45, 7) is 7.11. The summed E-state index contributed by atoms with van der Waals surface area (Å²) >= 11 is 2.08. The van der Waals surface area contributed by atoms with Crippen molar-refractivity contribution in [1.29, 1.82) is 0 Å². The van der Waals surface area contributed by atoms with Crippen molar-refractivity contribution in [2.24, 2.45) is 0 Å². The molecule has 1 N–H and O–H groups in total. The number of fused-ring (bicyclic) bond motifs is 1. The molecule has 1 atom stereocenters. The van der Waals surface area contributed by atoms with Crippen LogP contribution in [0.25, 0.3) is 0 Å². The molecule has 110 valence electrons. The number of thioether (sulfide) groups is 1. The normalized spacial score (nSPS) is 20.9. The number of hydrogen-bond acceptors (Lipinski definition) is 3. The van der Waals surface area contributed by atoms with Crippen molar-refractivity contribution in [3.8, 4) is 0 Å². The van der Waals surface area contributed by atoms with E-state index in [1.54, 1.807) is 11.1 Å². The number of nitrogens with zero attached hydrogens (tertiary/aromatic N) is 1. The van der Waals surface area contributed by atoms with Crippen LogP contribution in [0.3, 0.4) is 0 Å². The second kappa shape index (κ2) is 6.97. The van der Waals surface area contributed by atoms with Gasteiger partial charge in [-0.3, -0.25) is 0 Å². The maximum absolute atomic E-state index is 3.69. The number of benzene rings is 1. The Kier molecular flexibility index (Phi) is 5.03. The predicted molar refractivity (Wildman–Crippen MR) is 88.6 cm³/mol. The van der Waals surface area contributed by atoms with E-state index in [-0.39, 0.29) is 0 Å². The van der Waals surface area contributed by atoms with Gasteiger partial charge in [-0.1, -0.05) is 18.2 Å². The Morgan fingerprint density at radius 2 is 2.00 bits per heavy atom. The molecule has 3 rings (SSSR count). The fourth-order valence-electron chi connectivity index (χ4n) is 3.24. The minimum atomic E-state index is 0.472. The van der Waals surface area contributed by atoms with Gasteiger partial charge in [-0.2, -0.15) is 11.8 Å². The van der Waals surface area contributed by atoms with Crippen molar-refractivity contribution in [3.05, 3.63) is 34.9 Å². The monoisotopic (exact) mass is 290 g/mol. The molecule has 1 aromatic rings. The quantitative estimate of drug-likeness (QED) is 0.898. The lowest BCUT2D eigenvalue weighted by molar-refractivity contribution is 0.297. The van der Waals surface area contributed by atoms with Gasteiger partial charge in [0.15, 0.2) is 0 Å². The van der Waals surface area contributed by atoms with E-state index in [0.29, 0.717) is 6.04 Å². The third-order valence-electron chi connectivity index (χ3n) is 4.60. The van der Waals surface area contributed by atoms with Crippen LogP contribution in [0, 0.1) is 0 Å². The van der Waals surface area contributed by atoms with Crippen LogP contribution >= 0.6 is 11.8 Å². The molecule has 0 radical (unpaired) electrons. The molecule has 1 heterocycles. The molecule has 0 amide bonds. The van der Waals surface area contributed by atoms with Crippen molar-refractivity contribution >= 4 is 11.8 Å². The highest BCUT2D eigenvalue weighted by atomic mass is 32.2. The van der Waals surface area contributed by atoms with Gasteiger partial charge < -0.3 is 10.2 Å². The summed E-state index contributed by atoms with van der Waals surface area (Å²) in [7, 11) is 0. The van der Waals surface area contributed by atoms with Crippen molar-refractivity contribution in [1.82, 2.24) is 10.2 Å². The molecule has 20 heavy (non-hydrogen) atoms. The van der Waals surface area contributed by atoms with Crippen molar-refractivity contribution < 1.29 is 0 Å². The SMILES string of the molecule is CC(NCCN1CCSCC1)c1ccc2c(c1)CCC2. The molecule has 1 aliphatic heterocycles. The van der Waals surface area contributed by atoms with E-state index in [0.717, 1.165) is 6.54 Å². The van der Waals surface area contributed by atoms with Gasteiger partial charge in [-0.05, 0) is 42.9 Å². The molecule has 1 aliphatic carbocycles. The minimum absolute atomic E-state index is 0.472. The van der Waals surface area contributed by atoms with E-state index in [2.05, 4.69) is 47.1 Å². The number of nitrogens with one attached hydrogen (secondary N) is 1. The summed E-state index contributed by atoms with van der Waals surface area (Å²) < 4.78 is 0. The van der Waals surface area contributed by atoms with Gasteiger partial charge in [-0.15, -0.1) is 0 Å². The molecule has 1 fully saturated rings. The van der Waals surface area contributed by atoms with E-state index in [4.69, 9.17) is 0 Å². The van der Waals surface area contributed by atoms with Crippen LogP contribution in [-0.2, 0) is 12.8 Å². The van der Waals surface area contributed by atoms with Gasteiger partial charge in [0.25, 0.3) is 0 Å². The second-order valence-corrected chi connectivity index (χ2v) is 7.24. The third-order valence-corrected chi connectivity index (χ3v) is 5.55. The lowest BCUT2D eigenvalue weighted by atomic mass is 10.0.